The van der Waals surface area contributed by atoms with Crippen molar-refractivity contribution in [3.05, 3.63) is 35.4 Å². The third-order valence-electron chi connectivity index (χ3n) is 4.35. The Labute approximate surface area is 138 Å². The minimum absolute atomic E-state index is 0.324. The molecule has 1 aromatic carbocycles. The van der Waals surface area contributed by atoms with Crippen LogP contribution in [0.2, 0.25) is 0 Å². The van der Waals surface area contributed by atoms with Crippen molar-refractivity contribution in [3.8, 4) is 0 Å². The summed E-state index contributed by atoms with van der Waals surface area (Å²) < 4.78 is 0. The van der Waals surface area contributed by atoms with Gasteiger partial charge in [0.05, 0.1) is 11.2 Å². The van der Waals surface area contributed by atoms with Crippen molar-refractivity contribution in [2.75, 3.05) is 19.6 Å². The molecule has 128 valence electrons. The molecule has 0 bridgehead atoms. The number of carbonyl (C=O) groups is 1. The normalized spacial score (nSPS) is 23.9. The van der Waals surface area contributed by atoms with E-state index in [0.29, 0.717) is 24.2 Å². The zero-order valence-corrected chi connectivity index (χ0v) is 14.5. The summed E-state index contributed by atoms with van der Waals surface area (Å²) in [7, 11) is 0. The Hall–Kier alpha value is -1.43. The van der Waals surface area contributed by atoms with Gasteiger partial charge in [-0.15, -0.1) is 0 Å². The Balaban J connectivity index is 1.99. The van der Waals surface area contributed by atoms with E-state index in [1.165, 1.54) is 0 Å². The maximum absolute atomic E-state index is 10.9. The molecule has 0 unspecified atom stereocenters. The van der Waals surface area contributed by atoms with E-state index in [9.17, 15) is 9.90 Å². The Morgan fingerprint density at radius 1 is 1.17 bits per heavy atom. The molecule has 1 aromatic rings. The lowest BCUT2D eigenvalue weighted by Crippen LogP contribution is -2.58. The number of nitrogens with zero attached hydrogens (tertiary/aromatic N) is 2. The SMILES string of the molecule is C[C@@H]1CN(CC(C)(C)O)C[C@H](C)N1Cc1ccc(C(=O)O)cc1. The van der Waals surface area contributed by atoms with Gasteiger partial charge in [0.15, 0.2) is 0 Å². The van der Waals surface area contributed by atoms with Crippen LogP contribution in [0.5, 0.6) is 0 Å². The minimum atomic E-state index is -0.890. The number of rotatable bonds is 5. The fraction of sp³-hybridized carbons (Fsp3) is 0.611. The first-order chi connectivity index (χ1) is 10.7. The predicted octanol–water partition coefficient (Wildman–Crippen LogP) is 2.05. The fourth-order valence-electron chi connectivity index (χ4n) is 3.42. The Bertz CT molecular complexity index is 524. The number of aliphatic hydroxyl groups is 1. The van der Waals surface area contributed by atoms with Gasteiger partial charge < -0.3 is 10.2 Å². The molecule has 2 rings (SSSR count). The molecule has 0 aliphatic carbocycles. The fourth-order valence-corrected chi connectivity index (χ4v) is 3.42. The van der Waals surface area contributed by atoms with E-state index in [2.05, 4.69) is 23.6 Å². The third-order valence-corrected chi connectivity index (χ3v) is 4.35. The molecule has 2 N–H and O–H groups in total. The number of hydrogen-bond donors (Lipinski definition) is 2. The largest absolute Gasteiger partial charge is 0.478 e. The van der Waals surface area contributed by atoms with Crippen LogP contribution in [0, 0.1) is 0 Å². The Morgan fingerprint density at radius 2 is 1.70 bits per heavy atom. The van der Waals surface area contributed by atoms with Crippen molar-refractivity contribution in [1.82, 2.24) is 9.80 Å². The number of piperazine rings is 1. The molecule has 0 spiro atoms. The lowest BCUT2D eigenvalue weighted by molar-refractivity contribution is -0.0180. The van der Waals surface area contributed by atoms with Crippen LogP contribution in [-0.2, 0) is 6.54 Å². The average molecular weight is 320 g/mol. The van der Waals surface area contributed by atoms with Crippen molar-refractivity contribution in [2.24, 2.45) is 0 Å². The van der Waals surface area contributed by atoms with Crippen molar-refractivity contribution < 1.29 is 15.0 Å². The van der Waals surface area contributed by atoms with Crippen LogP contribution in [0.3, 0.4) is 0 Å². The molecule has 5 nitrogen and oxygen atoms in total. The molecule has 0 aromatic heterocycles. The van der Waals surface area contributed by atoms with Crippen molar-refractivity contribution in [2.45, 2.75) is 51.9 Å². The van der Waals surface area contributed by atoms with Crippen LogP contribution >= 0.6 is 0 Å². The van der Waals surface area contributed by atoms with Crippen LogP contribution < -0.4 is 0 Å². The van der Waals surface area contributed by atoms with E-state index in [1.54, 1.807) is 12.1 Å². The number of aromatic carboxylic acids is 1. The zero-order valence-electron chi connectivity index (χ0n) is 14.5. The maximum Gasteiger partial charge on any atom is 0.335 e. The second kappa shape index (κ2) is 6.99. The molecule has 0 amide bonds. The summed E-state index contributed by atoms with van der Waals surface area (Å²) in [5, 5.41) is 19.0. The summed E-state index contributed by atoms with van der Waals surface area (Å²) >= 11 is 0. The van der Waals surface area contributed by atoms with E-state index in [4.69, 9.17) is 5.11 Å². The standard InChI is InChI=1S/C18H28N2O3/c1-13-9-19(12-18(3,4)23)10-14(2)20(13)11-15-5-7-16(8-6-15)17(21)22/h5-8,13-14,23H,9-12H2,1-4H3,(H,21,22)/t13-,14+. The number of carboxylic acids is 1. The summed E-state index contributed by atoms with van der Waals surface area (Å²) in [5.41, 5.74) is 0.781. The lowest BCUT2D eigenvalue weighted by atomic mass is 10.0. The molecular formula is C18H28N2O3. The summed E-state index contributed by atoms with van der Waals surface area (Å²) in [4.78, 5) is 15.7. The van der Waals surface area contributed by atoms with E-state index in [-0.39, 0.29) is 0 Å². The third kappa shape index (κ3) is 5.03. The second-order valence-electron chi connectivity index (χ2n) is 7.38. The summed E-state index contributed by atoms with van der Waals surface area (Å²) in [6.07, 6.45) is 0. The van der Waals surface area contributed by atoms with Gasteiger partial charge in [-0.1, -0.05) is 12.1 Å². The van der Waals surface area contributed by atoms with Crippen molar-refractivity contribution in [3.63, 3.8) is 0 Å². The molecule has 1 aliphatic rings. The zero-order chi connectivity index (χ0) is 17.2. The number of β-amino-alcohol motifs (C(OH)–C–C–N with tert-alkyl or cyclic N) is 1. The molecule has 2 atom stereocenters. The molecule has 0 radical (unpaired) electrons. The maximum atomic E-state index is 10.9. The first-order valence-electron chi connectivity index (χ1n) is 8.18. The lowest BCUT2D eigenvalue weighted by Gasteiger charge is -2.45. The molecule has 1 fully saturated rings. The molecule has 23 heavy (non-hydrogen) atoms. The first-order valence-corrected chi connectivity index (χ1v) is 8.18. The van der Waals surface area contributed by atoms with Gasteiger partial charge in [-0.2, -0.15) is 0 Å². The highest BCUT2D eigenvalue weighted by atomic mass is 16.4. The van der Waals surface area contributed by atoms with E-state index in [0.717, 1.165) is 25.2 Å². The Kier molecular flexibility index (Phi) is 5.45. The van der Waals surface area contributed by atoms with Gasteiger partial charge in [-0.3, -0.25) is 9.80 Å². The summed E-state index contributed by atoms with van der Waals surface area (Å²) in [5.74, 6) is -0.890. The molecule has 0 saturated carbocycles. The number of benzene rings is 1. The predicted molar refractivity (Wildman–Crippen MR) is 90.6 cm³/mol. The van der Waals surface area contributed by atoms with Crippen LogP contribution in [0.15, 0.2) is 24.3 Å². The van der Waals surface area contributed by atoms with Gasteiger partial charge in [0.2, 0.25) is 0 Å². The number of carboxylic acid groups (broad SMARTS) is 1. The molecular weight excluding hydrogens is 292 g/mol. The second-order valence-corrected chi connectivity index (χ2v) is 7.38. The van der Waals surface area contributed by atoms with Gasteiger partial charge in [0.1, 0.15) is 0 Å². The monoisotopic (exact) mass is 320 g/mol. The molecule has 1 saturated heterocycles. The van der Waals surface area contributed by atoms with E-state index in [1.807, 2.05) is 26.0 Å². The summed E-state index contributed by atoms with van der Waals surface area (Å²) in [6, 6.07) is 7.90. The van der Waals surface area contributed by atoms with Gasteiger partial charge in [-0.05, 0) is 45.4 Å². The minimum Gasteiger partial charge on any atom is -0.478 e. The van der Waals surface area contributed by atoms with Crippen LogP contribution in [0.25, 0.3) is 0 Å². The van der Waals surface area contributed by atoms with Crippen LogP contribution in [0.1, 0.15) is 43.6 Å². The van der Waals surface area contributed by atoms with Crippen LogP contribution in [0.4, 0.5) is 0 Å². The Morgan fingerprint density at radius 3 is 2.13 bits per heavy atom. The smallest absolute Gasteiger partial charge is 0.335 e. The number of hydrogen-bond acceptors (Lipinski definition) is 4. The van der Waals surface area contributed by atoms with Crippen LogP contribution in [-0.4, -0.2) is 63.3 Å². The first kappa shape index (κ1) is 17.9. The molecule has 1 aliphatic heterocycles. The van der Waals surface area contributed by atoms with Crippen molar-refractivity contribution in [1.29, 1.82) is 0 Å². The highest BCUT2D eigenvalue weighted by Gasteiger charge is 2.31. The highest BCUT2D eigenvalue weighted by molar-refractivity contribution is 5.87. The van der Waals surface area contributed by atoms with Gasteiger partial charge in [0, 0.05) is 38.3 Å². The van der Waals surface area contributed by atoms with Gasteiger partial charge in [-0.25, -0.2) is 4.79 Å². The quantitative estimate of drug-likeness (QED) is 0.869. The van der Waals surface area contributed by atoms with Crippen molar-refractivity contribution >= 4 is 5.97 Å². The average Bonchev–Trinajstić information content (AvgIpc) is 2.41. The van der Waals surface area contributed by atoms with Gasteiger partial charge >= 0.3 is 5.97 Å². The van der Waals surface area contributed by atoms with E-state index < -0.39 is 11.6 Å². The highest BCUT2D eigenvalue weighted by Crippen LogP contribution is 2.20. The summed E-state index contributed by atoms with van der Waals surface area (Å²) in [6.45, 7) is 11.5. The molecule has 5 heteroatoms. The topological polar surface area (TPSA) is 64.0 Å². The molecule has 1 heterocycles. The van der Waals surface area contributed by atoms with E-state index >= 15 is 0 Å². The van der Waals surface area contributed by atoms with Gasteiger partial charge in [0.25, 0.3) is 0 Å².